The number of hydrogen-bond donors (Lipinski definition) is 2. The maximum atomic E-state index is 11.8. The molecule has 0 saturated carbocycles. The Kier molecular flexibility index (Phi) is 4.24. The summed E-state index contributed by atoms with van der Waals surface area (Å²) in [6.45, 7) is 3.67. The summed E-state index contributed by atoms with van der Waals surface area (Å²) in [5.41, 5.74) is 11.9. The Balaban J connectivity index is 2.19. The molecular weight excluding hydrogens is 334 g/mol. The predicted molar refractivity (Wildman–Crippen MR) is 113 cm³/mol. The van der Waals surface area contributed by atoms with Crippen molar-refractivity contribution in [2.24, 2.45) is 0 Å². The van der Waals surface area contributed by atoms with Crippen LogP contribution in [0.2, 0.25) is 0 Å². The maximum Gasteiger partial charge on any atom is 0.221 e. The van der Waals surface area contributed by atoms with Crippen molar-refractivity contribution in [2.45, 2.75) is 20.3 Å². The Morgan fingerprint density at radius 3 is 2.56 bits per heavy atom. The van der Waals surface area contributed by atoms with Crippen LogP contribution in [0, 0.1) is 0 Å². The number of rotatable bonds is 3. The third kappa shape index (κ3) is 2.99. The second-order valence-corrected chi connectivity index (χ2v) is 6.67. The van der Waals surface area contributed by atoms with Crippen LogP contribution in [-0.4, -0.2) is 10.9 Å². The molecule has 134 valence electrons. The minimum atomic E-state index is -0.104. The van der Waals surface area contributed by atoms with E-state index in [9.17, 15) is 4.79 Å². The van der Waals surface area contributed by atoms with Crippen molar-refractivity contribution in [3.8, 4) is 11.1 Å². The van der Waals surface area contributed by atoms with E-state index in [1.807, 2.05) is 42.6 Å². The molecule has 0 aliphatic heterocycles. The fourth-order valence-corrected chi connectivity index (χ4v) is 3.72. The van der Waals surface area contributed by atoms with Crippen molar-refractivity contribution in [1.29, 1.82) is 0 Å². The molecule has 0 fully saturated rings. The molecule has 1 heterocycles. The molecule has 3 N–H and O–H groups in total. The van der Waals surface area contributed by atoms with E-state index >= 15 is 0 Å². The molecule has 0 bridgehead atoms. The first-order chi connectivity index (χ1) is 13.1. The van der Waals surface area contributed by atoms with Gasteiger partial charge in [0.2, 0.25) is 5.91 Å². The third-order valence-electron chi connectivity index (χ3n) is 4.85. The summed E-state index contributed by atoms with van der Waals surface area (Å²) in [4.78, 5) is 16.4. The van der Waals surface area contributed by atoms with Gasteiger partial charge in [0.15, 0.2) is 0 Å². The molecule has 27 heavy (non-hydrogen) atoms. The van der Waals surface area contributed by atoms with E-state index in [0.29, 0.717) is 5.69 Å². The smallest absolute Gasteiger partial charge is 0.221 e. The number of nitrogen functional groups attached to an aromatic ring is 1. The lowest BCUT2D eigenvalue weighted by atomic mass is 9.90. The summed E-state index contributed by atoms with van der Waals surface area (Å²) in [7, 11) is 0. The van der Waals surface area contributed by atoms with E-state index in [1.165, 1.54) is 12.5 Å². The number of carbonyl (C=O) groups excluding carboxylic acids is 1. The second kappa shape index (κ2) is 6.72. The summed E-state index contributed by atoms with van der Waals surface area (Å²) in [6, 6.07) is 18.1. The van der Waals surface area contributed by atoms with Gasteiger partial charge < -0.3 is 11.1 Å². The van der Waals surface area contributed by atoms with Crippen molar-refractivity contribution in [1.82, 2.24) is 4.98 Å². The lowest BCUT2D eigenvalue weighted by molar-refractivity contribution is -0.114. The number of aromatic nitrogens is 1. The summed E-state index contributed by atoms with van der Waals surface area (Å²) in [5.74, 6) is -0.104. The van der Waals surface area contributed by atoms with Gasteiger partial charge in [-0.1, -0.05) is 37.3 Å². The van der Waals surface area contributed by atoms with Crippen LogP contribution in [0.5, 0.6) is 0 Å². The monoisotopic (exact) mass is 355 g/mol. The highest BCUT2D eigenvalue weighted by atomic mass is 16.1. The van der Waals surface area contributed by atoms with Crippen molar-refractivity contribution < 1.29 is 4.79 Å². The maximum absolute atomic E-state index is 11.8. The number of nitrogens with two attached hydrogens (primary N) is 1. The zero-order chi connectivity index (χ0) is 19.0. The highest BCUT2D eigenvalue weighted by Gasteiger charge is 2.16. The van der Waals surface area contributed by atoms with Crippen LogP contribution in [0.4, 0.5) is 11.4 Å². The van der Waals surface area contributed by atoms with Crippen molar-refractivity contribution in [3.63, 3.8) is 0 Å². The van der Waals surface area contributed by atoms with E-state index in [2.05, 4.69) is 35.4 Å². The molecule has 3 aromatic carbocycles. The van der Waals surface area contributed by atoms with Crippen molar-refractivity contribution in [3.05, 3.63) is 66.4 Å². The number of hydrogen-bond acceptors (Lipinski definition) is 3. The lowest BCUT2D eigenvalue weighted by Gasteiger charge is -2.18. The van der Waals surface area contributed by atoms with E-state index in [0.717, 1.165) is 44.9 Å². The van der Waals surface area contributed by atoms with Gasteiger partial charge in [-0.2, -0.15) is 0 Å². The van der Waals surface area contributed by atoms with Crippen molar-refractivity contribution >= 4 is 39.0 Å². The molecule has 0 aliphatic rings. The normalized spacial score (nSPS) is 11.0. The van der Waals surface area contributed by atoms with E-state index in [-0.39, 0.29) is 5.91 Å². The second-order valence-electron chi connectivity index (χ2n) is 6.67. The molecular formula is C23H21N3O. The number of pyridine rings is 1. The average Bonchev–Trinajstić information content (AvgIpc) is 2.67. The van der Waals surface area contributed by atoms with Crippen LogP contribution < -0.4 is 11.1 Å². The Hall–Kier alpha value is -3.40. The SMILES string of the molecule is CCc1c(-c2ccccc2)cc(NC(C)=O)c2cnc3ccc(N)cc3c12. The summed E-state index contributed by atoms with van der Waals surface area (Å²) >= 11 is 0. The fourth-order valence-electron chi connectivity index (χ4n) is 3.72. The third-order valence-corrected chi connectivity index (χ3v) is 4.85. The Morgan fingerprint density at radius 2 is 1.85 bits per heavy atom. The molecule has 0 saturated heterocycles. The Morgan fingerprint density at radius 1 is 1.07 bits per heavy atom. The zero-order valence-corrected chi connectivity index (χ0v) is 15.4. The highest BCUT2D eigenvalue weighted by Crippen LogP contribution is 2.39. The van der Waals surface area contributed by atoms with Crippen LogP contribution in [0.25, 0.3) is 32.8 Å². The van der Waals surface area contributed by atoms with Gasteiger partial charge in [0, 0.05) is 29.6 Å². The number of nitrogens with one attached hydrogen (secondary N) is 1. The van der Waals surface area contributed by atoms with Gasteiger partial charge in [-0.15, -0.1) is 0 Å². The fraction of sp³-hybridized carbons (Fsp3) is 0.130. The first-order valence-electron chi connectivity index (χ1n) is 9.05. The van der Waals surface area contributed by atoms with Gasteiger partial charge in [0.25, 0.3) is 0 Å². The number of fused-ring (bicyclic) bond motifs is 3. The minimum Gasteiger partial charge on any atom is -0.399 e. The van der Waals surface area contributed by atoms with Gasteiger partial charge in [-0.3, -0.25) is 9.78 Å². The van der Waals surface area contributed by atoms with Gasteiger partial charge >= 0.3 is 0 Å². The molecule has 0 spiro atoms. The summed E-state index contributed by atoms with van der Waals surface area (Å²) in [6.07, 6.45) is 2.70. The van der Waals surface area contributed by atoms with Gasteiger partial charge in [-0.05, 0) is 52.8 Å². The number of amides is 1. The standard InChI is InChI=1S/C23H21N3O/c1-3-17-18(15-7-5-4-6-8-15)12-22(26-14(2)27)20-13-25-21-10-9-16(24)11-19(21)23(17)20/h4-13H,3,24H2,1-2H3,(H,26,27). The Labute approximate surface area is 158 Å². The molecule has 1 aromatic heterocycles. The number of anilines is 2. The number of nitrogens with zero attached hydrogens (tertiary/aromatic N) is 1. The van der Waals surface area contributed by atoms with Gasteiger partial charge in [-0.25, -0.2) is 0 Å². The molecule has 0 aliphatic carbocycles. The van der Waals surface area contributed by atoms with E-state index in [4.69, 9.17) is 5.73 Å². The average molecular weight is 355 g/mol. The molecule has 4 aromatic rings. The topological polar surface area (TPSA) is 68.0 Å². The van der Waals surface area contributed by atoms with Gasteiger partial charge in [0.1, 0.15) is 0 Å². The first kappa shape index (κ1) is 17.0. The number of carbonyl (C=O) groups is 1. The Bertz CT molecular complexity index is 1170. The largest absolute Gasteiger partial charge is 0.399 e. The highest BCUT2D eigenvalue weighted by molar-refractivity contribution is 6.15. The molecule has 0 atom stereocenters. The van der Waals surface area contributed by atoms with Crippen LogP contribution >= 0.6 is 0 Å². The lowest BCUT2D eigenvalue weighted by Crippen LogP contribution is -2.07. The molecule has 4 rings (SSSR count). The van der Waals surface area contributed by atoms with Gasteiger partial charge in [0.05, 0.1) is 11.2 Å². The van der Waals surface area contributed by atoms with Crippen LogP contribution in [0.1, 0.15) is 19.4 Å². The summed E-state index contributed by atoms with van der Waals surface area (Å²) < 4.78 is 0. The molecule has 0 radical (unpaired) electrons. The molecule has 0 unspecified atom stereocenters. The molecule has 4 nitrogen and oxygen atoms in total. The van der Waals surface area contributed by atoms with E-state index in [1.54, 1.807) is 0 Å². The summed E-state index contributed by atoms with van der Waals surface area (Å²) in [5, 5.41) is 6.01. The van der Waals surface area contributed by atoms with Crippen LogP contribution in [0.3, 0.4) is 0 Å². The van der Waals surface area contributed by atoms with Crippen LogP contribution in [0.15, 0.2) is 60.8 Å². The number of aryl methyl sites for hydroxylation is 1. The minimum absolute atomic E-state index is 0.104. The van der Waals surface area contributed by atoms with Crippen molar-refractivity contribution in [2.75, 3.05) is 11.1 Å². The quantitative estimate of drug-likeness (QED) is 0.394. The number of benzene rings is 3. The van der Waals surface area contributed by atoms with E-state index < -0.39 is 0 Å². The predicted octanol–water partition coefficient (Wildman–Crippen LogP) is 5.16. The molecule has 4 heteroatoms. The van der Waals surface area contributed by atoms with Crippen LogP contribution in [-0.2, 0) is 11.2 Å². The zero-order valence-electron chi connectivity index (χ0n) is 15.4. The first-order valence-corrected chi connectivity index (χ1v) is 9.05. The molecule has 1 amide bonds.